The van der Waals surface area contributed by atoms with Gasteiger partial charge in [0.25, 0.3) is 0 Å². The van der Waals surface area contributed by atoms with Gasteiger partial charge in [0.1, 0.15) is 6.61 Å². The maximum atomic E-state index is 10.1. The van der Waals surface area contributed by atoms with E-state index in [1.165, 1.54) is 0 Å². The molecule has 0 amide bonds. The van der Waals surface area contributed by atoms with E-state index < -0.39 is 12.1 Å². The van der Waals surface area contributed by atoms with Gasteiger partial charge in [0.2, 0.25) is 0 Å². The second kappa shape index (κ2) is 11.5. The molecule has 0 saturated heterocycles. The van der Waals surface area contributed by atoms with Crippen LogP contribution >= 0.6 is 0 Å². The number of aliphatic hydroxyl groups excluding tert-OH is 1. The smallest absolute Gasteiger partial charge is 0.329 e. The molecule has 0 aromatic rings. The van der Waals surface area contributed by atoms with E-state index in [0.717, 1.165) is 0 Å². The predicted octanol–water partition coefficient (Wildman–Crippen LogP) is 0.978. The van der Waals surface area contributed by atoms with Gasteiger partial charge in [-0.3, -0.25) is 0 Å². The van der Waals surface area contributed by atoms with Gasteiger partial charge < -0.3 is 14.9 Å². The molecule has 0 heterocycles. The highest BCUT2D eigenvalue weighted by molar-refractivity contribution is 5.67. The SMILES string of the molecule is C#CC[C@@H](O)/C=C/C=C/C#CCCOCC(=O)O. The van der Waals surface area contributed by atoms with Crippen molar-refractivity contribution in [2.24, 2.45) is 0 Å². The van der Waals surface area contributed by atoms with E-state index in [9.17, 15) is 9.90 Å². The monoisotopic (exact) mass is 248 g/mol. The quantitative estimate of drug-likeness (QED) is 0.400. The third-order valence-corrected chi connectivity index (χ3v) is 1.65. The zero-order valence-corrected chi connectivity index (χ0v) is 10.0. The number of rotatable bonds is 7. The fourth-order valence-corrected chi connectivity index (χ4v) is 0.899. The summed E-state index contributed by atoms with van der Waals surface area (Å²) in [4.78, 5) is 10.1. The van der Waals surface area contributed by atoms with Crippen LogP contribution in [0.25, 0.3) is 0 Å². The van der Waals surface area contributed by atoms with Gasteiger partial charge in [-0.1, -0.05) is 30.1 Å². The van der Waals surface area contributed by atoms with Crippen LogP contribution in [0, 0.1) is 24.2 Å². The summed E-state index contributed by atoms with van der Waals surface area (Å²) in [6.45, 7) is -0.00279. The highest BCUT2D eigenvalue weighted by Crippen LogP contribution is 1.91. The summed E-state index contributed by atoms with van der Waals surface area (Å²) in [5, 5.41) is 17.5. The summed E-state index contributed by atoms with van der Waals surface area (Å²) in [6, 6.07) is 0. The van der Waals surface area contributed by atoms with Gasteiger partial charge >= 0.3 is 5.97 Å². The van der Waals surface area contributed by atoms with Crippen molar-refractivity contribution in [3.05, 3.63) is 24.3 Å². The Hall–Kier alpha value is -2.01. The Morgan fingerprint density at radius 1 is 1.44 bits per heavy atom. The van der Waals surface area contributed by atoms with E-state index >= 15 is 0 Å². The topological polar surface area (TPSA) is 66.8 Å². The third kappa shape index (κ3) is 12.1. The summed E-state index contributed by atoms with van der Waals surface area (Å²) in [5.41, 5.74) is 0. The first kappa shape index (κ1) is 16.0. The van der Waals surface area contributed by atoms with Crippen LogP contribution in [0.5, 0.6) is 0 Å². The number of hydrogen-bond acceptors (Lipinski definition) is 3. The summed E-state index contributed by atoms with van der Waals surface area (Å²) in [6.07, 6.45) is 11.7. The highest BCUT2D eigenvalue weighted by atomic mass is 16.5. The Morgan fingerprint density at radius 3 is 2.89 bits per heavy atom. The number of hydrogen-bond donors (Lipinski definition) is 2. The standard InChI is InChI=1S/C14H16O4/c1-2-9-13(15)10-7-5-3-4-6-8-11-18-12-14(16)17/h1,3,5,7,10,13,15H,8-9,11-12H2,(H,16,17)/b5-3+,10-7+/t13-/m1/s1. The predicted molar refractivity (Wildman–Crippen MR) is 68.6 cm³/mol. The molecule has 0 radical (unpaired) electrons. The molecule has 0 aliphatic carbocycles. The molecule has 0 spiro atoms. The number of terminal acetylenes is 1. The molecule has 0 rings (SSSR count). The summed E-state index contributed by atoms with van der Waals surface area (Å²) < 4.78 is 4.79. The molecule has 0 aliphatic heterocycles. The van der Waals surface area contributed by atoms with Gasteiger partial charge in [0.15, 0.2) is 0 Å². The average Bonchev–Trinajstić information content (AvgIpc) is 2.31. The van der Waals surface area contributed by atoms with Crippen molar-refractivity contribution in [1.29, 1.82) is 0 Å². The lowest BCUT2D eigenvalue weighted by molar-refractivity contribution is -0.142. The summed E-state index contributed by atoms with van der Waals surface area (Å²) in [7, 11) is 0. The minimum atomic E-state index is -0.987. The Morgan fingerprint density at radius 2 is 2.22 bits per heavy atom. The van der Waals surface area contributed by atoms with Crippen LogP contribution in [0.15, 0.2) is 24.3 Å². The average molecular weight is 248 g/mol. The number of carboxylic acids is 1. The van der Waals surface area contributed by atoms with Gasteiger partial charge in [0, 0.05) is 12.8 Å². The summed E-state index contributed by atoms with van der Waals surface area (Å²) in [5.74, 6) is 6.90. The number of allylic oxidation sites excluding steroid dienone is 3. The molecule has 2 N–H and O–H groups in total. The second-order valence-electron chi connectivity index (χ2n) is 3.24. The molecule has 18 heavy (non-hydrogen) atoms. The van der Waals surface area contributed by atoms with Gasteiger partial charge in [-0.25, -0.2) is 4.79 Å². The number of aliphatic hydroxyl groups is 1. The number of aliphatic carboxylic acids is 1. The lowest BCUT2D eigenvalue weighted by Gasteiger charge is -1.95. The van der Waals surface area contributed by atoms with E-state index in [0.29, 0.717) is 13.0 Å². The van der Waals surface area contributed by atoms with Crippen molar-refractivity contribution in [2.45, 2.75) is 18.9 Å². The largest absolute Gasteiger partial charge is 0.480 e. The van der Waals surface area contributed by atoms with Crippen LogP contribution in [-0.4, -0.2) is 35.5 Å². The normalized spacial score (nSPS) is 12.0. The van der Waals surface area contributed by atoms with Crippen LogP contribution in [0.4, 0.5) is 0 Å². The number of ether oxygens (including phenoxy) is 1. The molecule has 4 nitrogen and oxygen atoms in total. The second-order valence-corrected chi connectivity index (χ2v) is 3.24. The Labute approximate surface area is 107 Å². The first-order valence-corrected chi connectivity index (χ1v) is 5.39. The van der Waals surface area contributed by atoms with Crippen molar-refractivity contribution in [3.63, 3.8) is 0 Å². The molecular weight excluding hydrogens is 232 g/mol. The fourth-order valence-electron chi connectivity index (χ4n) is 0.899. The molecule has 0 saturated carbocycles. The fraction of sp³-hybridized carbons (Fsp3) is 0.357. The molecule has 1 atom stereocenters. The molecule has 0 aromatic heterocycles. The molecular formula is C14H16O4. The zero-order chi connectivity index (χ0) is 13.6. The molecule has 0 aromatic carbocycles. The van der Waals surface area contributed by atoms with Crippen molar-refractivity contribution >= 4 is 5.97 Å². The van der Waals surface area contributed by atoms with Crippen molar-refractivity contribution in [3.8, 4) is 24.2 Å². The lowest BCUT2D eigenvalue weighted by atomic mass is 10.2. The maximum absolute atomic E-state index is 10.1. The van der Waals surface area contributed by atoms with Crippen LogP contribution in [0.1, 0.15) is 12.8 Å². The molecule has 0 fully saturated rings. The molecule has 0 unspecified atom stereocenters. The van der Waals surface area contributed by atoms with Crippen molar-refractivity contribution in [1.82, 2.24) is 0 Å². The molecule has 0 bridgehead atoms. The first-order chi connectivity index (χ1) is 8.66. The molecule has 0 aliphatic rings. The first-order valence-electron chi connectivity index (χ1n) is 5.39. The Kier molecular flexibility index (Phi) is 10.2. The van der Waals surface area contributed by atoms with Crippen LogP contribution in [-0.2, 0) is 9.53 Å². The van der Waals surface area contributed by atoms with Crippen LogP contribution in [0.3, 0.4) is 0 Å². The van der Waals surface area contributed by atoms with E-state index in [1.54, 1.807) is 24.3 Å². The molecule has 96 valence electrons. The van der Waals surface area contributed by atoms with E-state index in [-0.39, 0.29) is 13.0 Å². The minimum absolute atomic E-state index is 0.289. The zero-order valence-electron chi connectivity index (χ0n) is 10.0. The Balaban J connectivity index is 3.64. The third-order valence-electron chi connectivity index (χ3n) is 1.65. The maximum Gasteiger partial charge on any atom is 0.329 e. The van der Waals surface area contributed by atoms with Gasteiger partial charge in [-0.2, -0.15) is 0 Å². The van der Waals surface area contributed by atoms with E-state index in [4.69, 9.17) is 16.3 Å². The van der Waals surface area contributed by atoms with Gasteiger partial charge in [0.05, 0.1) is 12.7 Å². The van der Waals surface area contributed by atoms with Crippen LogP contribution in [0.2, 0.25) is 0 Å². The van der Waals surface area contributed by atoms with Gasteiger partial charge in [-0.15, -0.1) is 12.3 Å². The molecule has 4 heteroatoms. The number of carbonyl (C=O) groups is 1. The summed E-state index contributed by atoms with van der Waals surface area (Å²) >= 11 is 0. The Bertz CT molecular complexity index is 390. The van der Waals surface area contributed by atoms with Crippen molar-refractivity contribution in [2.75, 3.05) is 13.2 Å². The highest BCUT2D eigenvalue weighted by Gasteiger charge is 1.93. The van der Waals surface area contributed by atoms with E-state index in [2.05, 4.69) is 17.8 Å². The van der Waals surface area contributed by atoms with E-state index in [1.807, 2.05) is 0 Å². The van der Waals surface area contributed by atoms with Crippen molar-refractivity contribution < 1.29 is 19.7 Å². The lowest BCUT2D eigenvalue weighted by Crippen LogP contribution is -2.07. The van der Waals surface area contributed by atoms with Crippen LogP contribution < -0.4 is 0 Å². The van der Waals surface area contributed by atoms with Gasteiger partial charge in [-0.05, 0) is 6.08 Å². The minimum Gasteiger partial charge on any atom is -0.480 e. The number of carboxylic acid groups (broad SMARTS) is 1.